The molecule has 1 aromatic heterocycles. The third-order valence-electron chi connectivity index (χ3n) is 5.77. The quantitative estimate of drug-likeness (QED) is 0.653. The first-order valence-corrected chi connectivity index (χ1v) is 11.3. The summed E-state index contributed by atoms with van der Waals surface area (Å²) < 4.78 is 6.21. The molecule has 2 N–H and O–H groups in total. The average Bonchev–Trinajstić information content (AvgIpc) is 2.84. The Morgan fingerprint density at radius 2 is 2.03 bits per heavy atom. The van der Waals surface area contributed by atoms with Crippen LogP contribution in [0, 0.1) is 17.8 Å². The van der Waals surface area contributed by atoms with Crippen LogP contribution < -0.4 is 4.74 Å². The first-order chi connectivity index (χ1) is 16.2. The molecule has 1 aromatic carbocycles. The number of aromatic nitrogens is 1. The molecule has 0 unspecified atom stereocenters. The van der Waals surface area contributed by atoms with E-state index in [2.05, 4.69) is 16.8 Å². The summed E-state index contributed by atoms with van der Waals surface area (Å²) in [6.07, 6.45) is 0.228. The van der Waals surface area contributed by atoms with Crippen molar-refractivity contribution in [2.45, 2.75) is 39.0 Å². The Balaban J connectivity index is 1.95. The minimum atomic E-state index is -0.817. The van der Waals surface area contributed by atoms with Crippen LogP contribution in [0.25, 0.3) is 0 Å². The van der Waals surface area contributed by atoms with Crippen LogP contribution in [0.3, 0.4) is 0 Å². The Bertz CT molecular complexity index is 1080. The van der Waals surface area contributed by atoms with E-state index >= 15 is 0 Å². The number of carbonyl (C=O) groups is 2. The zero-order chi connectivity index (χ0) is 24.8. The van der Waals surface area contributed by atoms with Gasteiger partial charge in [-0.15, -0.1) is 0 Å². The van der Waals surface area contributed by atoms with E-state index in [-0.39, 0.29) is 42.3 Å². The van der Waals surface area contributed by atoms with E-state index in [4.69, 9.17) is 4.74 Å². The van der Waals surface area contributed by atoms with Gasteiger partial charge in [-0.2, -0.15) is 0 Å². The molecule has 0 radical (unpaired) electrons. The van der Waals surface area contributed by atoms with Crippen LogP contribution in [0.4, 0.5) is 0 Å². The number of carbonyl (C=O) groups excluding carboxylic acids is 2. The van der Waals surface area contributed by atoms with Gasteiger partial charge in [-0.1, -0.05) is 37.0 Å². The number of hydrogen-bond acceptors (Lipinski definition) is 6. The van der Waals surface area contributed by atoms with E-state index in [1.165, 1.54) is 6.20 Å². The molecular weight excluding hydrogens is 434 g/mol. The molecule has 2 amide bonds. The van der Waals surface area contributed by atoms with Crippen molar-refractivity contribution in [3.63, 3.8) is 0 Å². The number of hydrogen-bond donors (Lipinski definition) is 2. The molecule has 0 saturated carbocycles. The average molecular weight is 466 g/mol. The van der Waals surface area contributed by atoms with Gasteiger partial charge >= 0.3 is 0 Å². The van der Waals surface area contributed by atoms with Crippen molar-refractivity contribution >= 4 is 11.8 Å². The molecule has 0 spiro atoms. The van der Waals surface area contributed by atoms with E-state index in [1.54, 1.807) is 48.9 Å². The van der Waals surface area contributed by atoms with Crippen LogP contribution in [-0.2, 0) is 0 Å². The molecule has 4 atom stereocenters. The van der Waals surface area contributed by atoms with Crippen LogP contribution in [0.5, 0.6) is 5.88 Å². The molecule has 180 valence electrons. The number of nitrogens with zero attached hydrogens (tertiary/aromatic N) is 3. The lowest BCUT2D eigenvalue weighted by molar-refractivity contribution is 0.0313. The van der Waals surface area contributed by atoms with Crippen LogP contribution in [0.2, 0.25) is 0 Å². The van der Waals surface area contributed by atoms with E-state index in [9.17, 15) is 19.8 Å². The second-order valence-electron chi connectivity index (χ2n) is 8.70. The van der Waals surface area contributed by atoms with E-state index in [0.717, 1.165) is 0 Å². The SMILES string of the molecule is C[C@@H]1CN([C@H](C)CO)C(=O)c2cc(C#C[C@@H](C)O)cnc2O[C@H]1CN(C)C(=O)c1ccccc1. The maximum absolute atomic E-state index is 13.4. The number of fused-ring (bicyclic) bond motifs is 1. The lowest BCUT2D eigenvalue weighted by Crippen LogP contribution is -2.50. The molecule has 8 heteroatoms. The molecule has 0 bridgehead atoms. The number of aliphatic hydroxyl groups excluding tert-OH is 2. The Kier molecular flexibility index (Phi) is 8.26. The summed E-state index contributed by atoms with van der Waals surface area (Å²) >= 11 is 0. The highest BCUT2D eigenvalue weighted by Crippen LogP contribution is 2.27. The molecular formula is C26H31N3O5. The van der Waals surface area contributed by atoms with Crippen LogP contribution in [0.15, 0.2) is 42.6 Å². The van der Waals surface area contributed by atoms with Crippen molar-refractivity contribution in [1.29, 1.82) is 0 Å². The van der Waals surface area contributed by atoms with Crippen molar-refractivity contribution in [2.24, 2.45) is 5.92 Å². The topological polar surface area (TPSA) is 103 Å². The number of aliphatic hydroxyl groups is 2. The fraction of sp³-hybridized carbons (Fsp3) is 0.423. The van der Waals surface area contributed by atoms with Gasteiger partial charge in [0.1, 0.15) is 17.8 Å². The summed E-state index contributed by atoms with van der Waals surface area (Å²) in [6.45, 7) is 5.70. The van der Waals surface area contributed by atoms with Gasteiger partial charge in [-0.3, -0.25) is 9.59 Å². The molecule has 0 aliphatic carbocycles. The van der Waals surface area contributed by atoms with Crippen molar-refractivity contribution in [3.8, 4) is 17.7 Å². The van der Waals surface area contributed by atoms with E-state index in [1.807, 2.05) is 25.1 Å². The summed E-state index contributed by atoms with van der Waals surface area (Å²) in [4.78, 5) is 33.8. The number of amides is 2. The van der Waals surface area contributed by atoms with Crippen molar-refractivity contribution < 1.29 is 24.5 Å². The first-order valence-electron chi connectivity index (χ1n) is 11.3. The predicted octanol–water partition coefficient (Wildman–Crippen LogP) is 1.81. The highest BCUT2D eigenvalue weighted by atomic mass is 16.5. The molecule has 2 aromatic rings. The monoisotopic (exact) mass is 465 g/mol. The van der Waals surface area contributed by atoms with Crippen molar-refractivity contribution in [2.75, 3.05) is 26.7 Å². The molecule has 34 heavy (non-hydrogen) atoms. The van der Waals surface area contributed by atoms with Gasteiger partial charge in [0.05, 0.1) is 19.2 Å². The standard InChI is InChI=1S/C26H31N3O5/c1-17-14-29(18(2)16-30)26(33)22-12-20(11-10-19(3)31)13-27-24(22)34-23(17)15-28(4)25(32)21-8-6-5-7-9-21/h5-9,12-13,17-19,23,30-31H,14-16H2,1-4H3/t17-,18-,19-,23+/m1/s1. The molecule has 2 heterocycles. The van der Waals surface area contributed by atoms with Gasteiger partial charge in [-0.25, -0.2) is 4.98 Å². The number of likely N-dealkylation sites (N-methyl/N-ethyl adjacent to an activating group) is 1. The Hall–Kier alpha value is -3.41. The number of benzene rings is 1. The molecule has 0 saturated heterocycles. The van der Waals surface area contributed by atoms with Gasteiger partial charge in [0.25, 0.3) is 11.8 Å². The van der Waals surface area contributed by atoms with E-state index < -0.39 is 18.2 Å². The lowest BCUT2D eigenvalue weighted by atomic mass is 9.99. The van der Waals surface area contributed by atoms with Crippen molar-refractivity contribution in [3.05, 3.63) is 59.3 Å². The van der Waals surface area contributed by atoms with Gasteiger partial charge < -0.3 is 24.7 Å². The fourth-order valence-electron chi connectivity index (χ4n) is 3.73. The van der Waals surface area contributed by atoms with Crippen LogP contribution in [0.1, 0.15) is 47.1 Å². The summed E-state index contributed by atoms with van der Waals surface area (Å²) in [7, 11) is 1.71. The lowest BCUT2D eigenvalue weighted by Gasteiger charge is -2.37. The third kappa shape index (κ3) is 5.93. The second kappa shape index (κ2) is 11.1. The Labute approximate surface area is 200 Å². The highest BCUT2D eigenvalue weighted by Gasteiger charge is 2.34. The van der Waals surface area contributed by atoms with Crippen LogP contribution >= 0.6 is 0 Å². The Morgan fingerprint density at radius 1 is 1.32 bits per heavy atom. The second-order valence-corrected chi connectivity index (χ2v) is 8.70. The Morgan fingerprint density at radius 3 is 2.68 bits per heavy atom. The number of pyridine rings is 1. The molecule has 0 fully saturated rings. The maximum Gasteiger partial charge on any atom is 0.259 e. The zero-order valence-corrected chi connectivity index (χ0v) is 19.9. The predicted molar refractivity (Wildman–Crippen MR) is 127 cm³/mol. The minimum Gasteiger partial charge on any atom is -0.472 e. The van der Waals surface area contributed by atoms with Gasteiger partial charge in [0, 0.05) is 36.8 Å². The zero-order valence-electron chi connectivity index (χ0n) is 19.9. The van der Waals surface area contributed by atoms with Gasteiger partial charge in [0.15, 0.2) is 0 Å². The summed E-state index contributed by atoms with van der Waals surface area (Å²) in [6, 6.07) is 10.2. The molecule has 3 rings (SSSR count). The van der Waals surface area contributed by atoms with Gasteiger partial charge in [0.2, 0.25) is 5.88 Å². The summed E-state index contributed by atoms with van der Waals surface area (Å²) in [5, 5.41) is 19.2. The first kappa shape index (κ1) is 25.2. The number of ether oxygens (including phenoxy) is 1. The largest absolute Gasteiger partial charge is 0.472 e. The minimum absolute atomic E-state index is 0.132. The summed E-state index contributed by atoms with van der Waals surface area (Å²) in [5.74, 6) is 5.00. The van der Waals surface area contributed by atoms with Crippen molar-refractivity contribution in [1.82, 2.24) is 14.8 Å². The smallest absolute Gasteiger partial charge is 0.259 e. The normalized spacial score (nSPS) is 19.5. The summed E-state index contributed by atoms with van der Waals surface area (Å²) in [5.41, 5.74) is 1.27. The molecule has 1 aliphatic rings. The van der Waals surface area contributed by atoms with Gasteiger partial charge in [-0.05, 0) is 32.0 Å². The fourth-order valence-corrected chi connectivity index (χ4v) is 3.73. The highest BCUT2D eigenvalue weighted by molar-refractivity contribution is 5.97. The number of rotatable bonds is 5. The maximum atomic E-state index is 13.4. The molecule has 8 nitrogen and oxygen atoms in total. The van der Waals surface area contributed by atoms with E-state index in [0.29, 0.717) is 17.7 Å². The molecule has 1 aliphatic heterocycles. The third-order valence-corrected chi connectivity index (χ3v) is 5.77. The van der Waals surface area contributed by atoms with Crippen LogP contribution in [-0.4, -0.2) is 81.8 Å².